The van der Waals surface area contributed by atoms with Gasteiger partial charge in [0, 0.05) is 18.1 Å². The molecule has 0 fully saturated rings. The lowest BCUT2D eigenvalue weighted by atomic mass is 10.0. The normalized spacial score (nSPS) is 12.6. The molecule has 0 aliphatic rings. The van der Waals surface area contributed by atoms with Crippen molar-refractivity contribution in [1.29, 1.82) is 0 Å². The van der Waals surface area contributed by atoms with Gasteiger partial charge in [-0.05, 0) is 33.3 Å². The third-order valence-electron chi connectivity index (χ3n) is 2.75. The lowest BCUT2D eigenvalue weighted by Gasteiger charge is -2.24. The zero-order valence-corrected chi connectivity index (χ0v) is 13.0. The van der Waals surface area contributed by atoms with Crippen LogP contribution in [0.15, 0.2) is 12.1 Å². The summed E-state index contributed by atoms with van der Waals surface area (Å²) in [5.41, 5.74) is -1.18. The molecule has 128 valence electrons. The van der Waals surface area contributed by atoms with Gasteiger partial charge in [0.2, 0.25) is 0 Å². The Hall–Kier alpha value is -2.25. The minimum Gasteiger partial charge on any atom is -0.481 e. The summed E-state index contributed by atoms with van der Waals surface area (Å²) in [4.78, 5) is 22.5. The molecule has 2 N–H and O–H groups in total. The van der Waals surface area contributed by atoms with Gasteiger partial charge in [-0.15, -0.1) is 0 Å². The number of rotatable bonds is 5. The molecule has 0 saturated carbocycles. The van der Waals surface area contributed by atoms with Gasteiger partial charge in [0.05, 0.1) is 6.04 Å². The van der Waals surface area contributed by atoms with Crippen molar-refractivity contribution >= 4 is 12.1 Å². The van der Waals surface area contributed by atoms with Crippen LogP contribution >= 0.6 is 0 Å². The Labute approximate surface area is 131 Å². The molecule has 5 nitrogen and oxygen atoms in total. The highest BCUT2D eigenvalue weighted by Gasteiger charge is 2.24. The summed E-state index contributed by atoms with van der Waals surface area (Å²) < 4.78 is 45.2. The molecule has 1 amide bonds. The molecular weight excluding hydrogens is 315 g/mol. The Morgan fingerprint density at radius 3 is 2.26 bits per heavy atom. The number of ether oxygens (including phenoxy) is 1. The Bertz CT molecular complexity index is 599. The summed E-state index contributed by atoms with van der Waals surface area (Å²) in [5, 5.41) is 11.0. The average molecular weight is 333 g/mol. The van der Waals surface area contributed by atoms with E-state index < -0.39 is 47.6 Å². The van der Waals surface area contributed by atoms with Gasteiger partial charge in [0.15, 0.2) is 11.6 Å². The van der Waals surface area contributed by atoms with Crippen molar-refractivity contribution in [2.75, 3.05) is 0 Å². The minimum atomic E-state index is -1.37. The highest BCUT2D eigenvalue weighted by atomic mass is 19.2. The zero-order chi connectivity index (χ0) is 17.8. The number of carboxylic acid groups (broad SMARTS) is 1. The van der Waals surface area contributed by atoms with E-state index >= 15 is 0 Å². The van der Waals surface area contributed by atoms with Gasteiger partial charge in [-0.25, -0.2) is 18.0 Å². The van der Waals surface area contributed by atoms with Gasteiger partial charge in [-0.3, -0.25) is 4.79 Å². The Morgan fingerprint density at radius 2 is 1.74 bits per heavy atom. The average Bonchev–Trinajstić information content (AvgIpc) is 2.36. The predicted molar refractivity (Wildman–Crippen MR) is 75.3 cm³/mol. The molecule has 0 radical (unpaired) electrons. The Morgan fingerprint density at radius 1 is 1.17 bits per heavy atom. The molecule has 1 aromatic carbocycles. The molecule has 1 rings (SSSR count). The van der Waals surface area contributed by atoms with Crippen LogP contribution in [0.1, 0.15) is 45.2 Å². The van der Waals surface area contributed by atoms with Crippen molar-refractivity contribution in [2.45, 2.75) is 45.3 Å². The number of nitrogens with one attached hydrogen (secondary N) is 1. The summed E-state index contributed by atoms with van der Waals surface area (Å²) in [7, 11) is 0. The fourth-order valence-electron chi connectivity index (χ4n) is 1.83. The second-order valence-electron chi connectivity index (χ2n) is 5.92. The van der Waals surface area contributed by atoms with E-state index in [-0.39, 0.29) is 12.0 Å². The third kappa shape index (κ3) is 6.17. The van der Waals surface area contributed by atoms with Crippen molar-refractivity contribution in [3.63, 3.8) is 0 Å². The molecule has 0 unspecified atom stereocenters. The number of carboxylic acids is 1. The lowest BCUT2D eigenvalue weighted by Crippen LogP contribution is -2.35. The Balaban J connectivity index is 3.03. The first-order chi connectivity index (χ1) is 10.5. The minimum absolute atomic E-state index is 0.212. The highest BCUT2D eigenvalue weighted by molar-refractivity contribution is 5.69. The highest BCUT2D eigenvalue weighted by Crippen LogP contribution is 2.25. The summed E-state index contributed by atoms with van der Waals surface area (Å²) in [6.45, 7) is 4.82. The van der Waals surface area contributed by atoms with Gasteiger partial charge in [-0.2, -0.15) is 0 Å². The number of carbonyl (C=O) groups is 2. The topological polar surface area (TPSA) is 75.6 Å². The molecule has 0 spiro atoms. The summed E-state index contributed by atoms with van der Waals surface area (Å²) >= 11 is 0. The molecule has 0 aliphatic heterocycles. The van der Waals surface area contributed by atoms with Gasteiger partial charge in [0.25, 0.3) is 0 Å². The third-order valence-corrected chi connectivity index (χ3v) is 2.75. The second-order valence-corrected chi connectivity index (χ2v) is 5.92. The van der Waals surface area contributed by atoms with Crippen LogP contribution in [0.5, 0.6) is 0 Å². The number of hydrogen-bond acceptors (Lipinski definition) is 3. The van der Waals surface area contributed by atoms with Crippen LogP contribution in [0.3, 0.4) is 0 Å². The monoisotopic (exact) mass is 333 g/mol. The number of benzene rings is 1. The molecule has 0 saturated heterocycles. The quantitative estimate of drug-likeness (QED) is 0.808. The van der Waals surface area contributed by atoms with Crippen LogP contribution in [0, 0.1) is 17.5 Å². The number of amides is 1. The Kier molecular flexibility index (Phi) is 6.00. The van der Waals surface area contributed by atoms with Crippen LogP contribution in [0.4, 0.5) is 18.0 Å². The number of alkyl carbamates (subject to hydrolysis) is 1. The van der Waals surface area contributed by atoms with Crippen molar-refractivity contribution < 1.29 is 32.6 Å². The number of carbonyl (C=O) groups excluding carboxylic acids is 1. The number of halogens is 3. The summed E-state index contributed by atoms with van der Waals surface area (Å²) in [5.74, 6) is -4.94. The van der Waals surface area contributed by atoms with Crippen LogP contribution in [0.25, 0.3) is 0 Å². The molecule has 23 heavy (non-hydrogen) atoms. The first kappa shape index (κ1) is 18.8. The van der Waals surface area contributed by atoms with Gasteiger partial charge in [-0.1, -0.05) is 0 Å². The molecule has 1 atom stereocenters. The van der Waals surface area contributed by atoms with Crippen molar-refractivity contribution in [3.8, 4) is 0 Å². The van der Waals surface area contributed by atoms with E-state index in [2.05, 4.69) is 5.32 Å². The smallest absolute Gasteiger partial charge is 0.408 e. The second kappa shape index (κ2) is 7.34. The van der Waals surface area contributed by atoms with E-state index in [4.69, 9.17) is 9.84 Å². The number of hydrogen-bond donors (Lipinski definition) is 2. The van der Waals surface area contributed by atoms with Gasteiger partial charge >= 0.3 is 12.1 Å². The summed E-state index contributed by atoms with van der Waals surface area (Å²) in [6.07, 6.45) is -1.54. The van der Waals surface area contributed by atoms with E-state index in [0.717, 1.165) is 0 Å². The van der Waals surface area contributed by atoms with Gasteiger partial charge < -0.3 is 15.2 Å². The summed E-state index contributed by atoms with van der Waals surface area (Å²) in [6, 6.07) is -0.236. The molecule has 0 heterocycles. The maximum absolute atomic E-state index is 13.8. The fourth-order valence-corrected chi connectivity index (χ4v) is 1.83. The lowest BCUT2D eigenvalue weighted by molar-refractivity contribution is -0.137. The van der Waals surface area contributed by atoms with Crippen LogP contribution in [-0.4, -0.2) is 22.8 Å². The molecule has 0 aliphatic carbocycles. The zero-order valence-electron chi connectivity index (χ0n) is 13.0. The van der Waals surface area contributed by atoms with Crippen molar-refractivity contribution in [3.05, 3.63) is 35.1 Å². The van der Waals surface area contributed by atoms with Crippen LogP contribution in [0.2, 0.25) is 0 Å². The molecule has 0 aromatic heterocycles. The van der Waals surface area contributed by atoms with Crippen molar-refractivity contribution in [1.82, 2.24) is 5.32 Å². The van der Waals surface area contributed by atoms with Crippen LogP contribution < -0.4 is 5.32 Å². The maximum Gasteiger partial charge on any atom is 0.408 e. The van der Waals surface area contributed by atoms with E-state index in [9.17, 15) is 22.8 Å². The first-order valence-electron chi connectivity index (χ1n) is 6.85. The largest absolute Gasteiger partial charge is 0.481 e. The van der Waals surface area contributed by atoms with Crippen molar-refractivity contribution in [2.24, 2.45) is 0 Å². The molecule has 0 bridgehead atoms. The fraction of sp³-hybridized carbons (Fsp3) is 0.467. The maximum atomic E-state index is 13.8. The van der Waals surface area contributed by atoms with Gasteiger partial charge in [0.1, 0.15) is 11.4 Å². The molecule has 1 aromatic rings. The van der Waals surface area contributed by atoms with E-state index in [1.54, 1.807) is 20.8 Å². The predicted octanol–water partition coefficient (Wildman–Crippen LogP) is 3.53. The first-order valence-corrected chi connectivity index (χ1v) is 6.85. The number of aliphatic carboxylic acids is 1. The van der Waals surface area contributed by atoms with E-state index in [0.29, 0.717) is 12.1 Å². The SMILES string of the molecule is CC(C)(C)OC(=O)N[C@H](CCC(=O)O)c1cc(F)c(F)cc1F. The molecule has 8 heteroatoms. The van der Waals surface area contributed by atoms with E-state index in [1.165, 1.54) is 0 Å². The van der Waals surface area contributed by atoms with E-state index in [1.807, 2.05) is 0 Å². The van der Waals surface area contributed by atoms with Crippen LogP contribution in [-0.2, 0) is 9.53 Å². The standard InChI is InChI=1S/C15H18F3NO4/c1-15(2,3)23-14(22)19-12(4-5-13(20)21)8-6-10(17)11(18)7-9(8)16/h6-7,12H,4-5H2,1-3H3,(H,19,22)(H,20,21)/t12-/m1/s1. The molecular formula is C15H18F3NO4.